The van der Waals surface area contributed by atoms with Crippen LogP contribution in [0.2, 0.25) is 0 Å². The van der Waals surface area contributed by atoms with Crippen LogP contribution in [0.1, 0.15) is 52.9 Å². The molecule has 1 saturated heterocycles. The van der Waals surface area contributed by atoms with E-state index in [2.05, 4.69) is 11.8 Å². The largest absolute Gasteiger partial charge is 0.390 e. The first kappa shape index (κ1) is 13.0. The minimum atomic E-state index is -0.504. The third kappa shape index (κ3) is 5.53. The third-order valence-electron chi connectivity index (χ3n) is 3.56. The number of rotatable bonds is 4. The molecule has 1 unspecified atom stereocenters. The third-order valence-corrected chi connectivity index (χ3v) is 3.56. The van der Waals surface area contributed by atoms with E-state index in [-0.39, 0.29) is 0 Å². The van der Waals surface area contributed by atoms with Crippen LogP contribution in [0.15, 0.2) is 0 Å². The Morgan fingerprint density at radius 2 is 2.00 bits per heavy atom. The van der Waals surface area contributed by atoms with Gasteiger partial charge in [-0.05, 0) is 58.5 Å². The summed E-state index contributed by atoms with van der Waals surface area (Å²) in [5.74, 6) is 0.942. The molecule has 0 radical (unpaired) electrons. The van der Waals surface area contributed by atoms with Gasteiger partial charge in [0.15, 0.2) is 0 Å². The van der Waals surface area contributed by atoms with Crippen LogP contribution in [-0.2, 0) is 0 Å². The fraction of sp³-hybridized carbons (Fsp3) is 1.00. The molecule has 0 saturated carbocycles. The molecule has 1 heterocycles. The van der Waals surface area contributed by atoms with Crippen LogP contribution in [0.4, 0.5) is 0 Å². The maximum Gasteiger partial charge on any atom is 0.0603 e. The van der Waals surface area contributed by atoms with Gasteiger partial charge in [-0.1, -0.05) is 13.3 Å². The molecule has 2 nitrogen and oxygen atoms in total. The molecule has 2 heteroatoms. The highest BCUT2D eigenvalue weighted by molar-refractivity contribution is 4.73. The molecule has 1 N–H and O–H groups in total. The predicted octanol–water partition coefficient (Wildman–Crippen LogP) is 2.66. The zero-order valence-electron chi connectivity index (χ0n) is 10.6. The molecule has 0 aromatic heterocycles. The van der Waals surface area contributed by atoms with E-state index in [1.807, 2.05) is 13.8 Å². The van der Waals surface area contributed by atoms with E-state index in [0.29, 0.717) is 0 Å². The lowest BCUT2D eigenvalue weighted by atomic mass is 9.98. The molecule has 15 heavy (non-hydrogen) atoms. The van der Waals surface area contributed by atoms with Crippen LogP contribution in [-0.4, -0.2) is 35.2 Å². The molecule has 1 aliphatic rings. The molecule has 0 aliphatic carbocycles. The molecule has 0 aromatic carbocycles. The van der Waals surface area contributed by atoms with E-state index in [0.717, 1.165) is 18.9 Å². The van der Waals surface area contributed by atoms with Gasteiger partial charge in [0, 0.05) is 6.54 Å². The summed E-state index contributed by atoms with van der Waals surface area (Å²) in [5, 5.41) is 9.69. The molecule has 0 spiro atoms. The van der Waals surface area contributed by atoms with E-state index in [9.17, 15) is 5.11 Å². The fourth-order valence-corrected chi connectivity index (χ4v) is 2.29. The Morgan fingerprint density at radius 3 is 2.60 bits per heavy atom. The Labute approximate surface area is 94.7 Å². The van der Waals surface area contributed by atoms with Gasteiger partial charge < -0.3 is 10.0 Å². The Kier molecular flexibility index (Phi) is 5.07. The van der Waals surface area contributed by atoms with Gasteiger partial charge in [-0.25, -0.2) is 0 Å². The first-order valence-electron chi connectivity index (χ1n) is 6.46. The smallest absolute Gasteiger partial charge is 0.0603 e. The van der Waals surface area contributed by atoms with Crippen molar-refractivity contribution < 1.29 is 5.11 Å². The van der Waals surface area contributed by atoms with Crippen LogP contribution >= 0.6 is 0 Å². The van der Waals surface area contributed by atoms with E-state index >= 15 is 0 Å². The topological polar surface area (TPSA) is 23.5 Å². The summed E-state index contributed by atoms with van der Waals surface area (Å²) in [7, 11) is 0. The van der Waals surface area contributed by atoms with Crippen LogP contribution in [0.5, 0.6) is 0 Å². The minimum absolute atomic E-state index is 0.504. The maximum absolute atomic E-state index is 9.69. The van der Waals surface area contributed by atoms with Crippen LogP contribution in [0.3, 0.4) is 0 Å². The highest BCUT2D eigenvalue weighted by atomic mass is 16.3. The summed E-state index contributed by atoms with van der Waals surface area (Å²) in [5.41, 5.74) is -0.504. The zero-order valence-corrected chi connectivity index (χ0v) is 10.6. The Balaban J connectivity index is 2.25. The normalized spacial score (nSPS) is 25.2. The second-order valence-electron chi connectivity index (χ2n) is 5.61. The van der Waals surface area contributed by atoms with Gasteiger partial charge in [-0.2, -0.15) is 0 Å². The summed E-state index contributed by atoms with van der Waals surface area (Å²) >= 11 is 0. The fourth-order valence-electron chi connectivity index (χ4n) is 2.29. The van der Waals surface area contributed by atoms with Gasteiger partial charge in [0.05, 0.1) is 5.60 Å². The van der Waals surface area contributed by atoms with E-state index in [1.54, 1.807) is 0 Å². The molecule has 1 aliphatic heterocycles. The molecule has 1 fully saturated rings. The van der Waals surface area contributed by atoms with Crippen LogP contribution in [0.25, 0.3) is 0 Å². The van der Waals surface area contributed by atoms with Gasteiger partial charge in [-0.3, -0.25) is 0 Å². The lowest BCUT2D eigenvalue weighted by Gasteiger charge is -2.24. The van der Waals surface area contributed by atoms with Crippen molar-refractivity contribution in [2.24, 2.45) is 5.92 Å². The van der Waals surface area contributed by atoms with Crippen molar-refractivity contribution in [3.05, 3.63) is 0 Å². The molecule has 0 amide bonds. The number of hydrogen-bond donors (Lipinski definition) is 1. The van der Waals surface area contributed by atoms with Gasteiger partial charge in [-0.15, -0.1) is 0 Å². The molecular weight excluding hydrogens is 186 g/mol. The van der Waals surface area contributed by atoms with Crippen molar-refractivity contribution in [1.82, 2.24) is 4.90 Å². The lowest BCUT2D eigenvalue weighted by Crippen LogP contribution is -2.31. The summed E-state index contributed by atoms with van der Waals surface area (Å²) in [6.45, 7) is 9.62. The molecule has 1 rings (SSSR count). The average molecular weight is 213 g/mol. The number of likely N-dealkylation sites (tertiary alicyclic amines) is 1. The second kappa shape index (κ2) is 5.86. The SMILES string of the molecule is CCC1CCCN(CCC(C)(C)O)CC1. The van der Waals surface area contributed by atoms with Crippen molar-refractivity contribution in [1.29, 1.82) is 0 Å². The Morgan fingerprint density at radius 1 is 1.27 bits per heavy atom. The van der Waals surface area contributed by atoms with Crippen molar-refractivity contribution >= 4 is 0 Å². The second-order valence-corrected chi connectivity index (χ2v) is 5.61. The number of aliphatic hydroxyl groups is 1. The average Bonchev–Trinajstić information content (AvgIpc) is 2.38. The first-order chi connectivity index (χ1) is 7.01. The Hall–Kier alpha value is -0.0800. The molecule has 0 bridgehead atoms. The summed E-state index contributed by atoms with van der Waals surface area (Å²) in [6, 6.07) is 0. The van der Waals surface area contributed by atoms with Crippen molar-refractivity contribution in [2.45, 2.75) is 58.5 Å². The van der Waals surface area contributed by atoms with Crippen LogP contribution < -0.4 is 0 Å². The monoisotopic (exact) mass is 213 g/mol. The highest BCUT2D eigenvalue weighted by Crippen LogP contribution is 2.21. The summed E-state index contributed by atoms with van der Waals surface area (Å²) < 4.78 is 0. The van der Waals surface area contributed by atoms with Gasteiger partial charge >= 0.3 is 0 Å². The Bertz CT molecular complexity index is 174. The standard InChI is InChI=1S/C13H27NO/c1-4-12-6-5-9-14(10-7-12)11-8-13(2,3)15/h12,15H,4-11H2,1-3H3. The van der Waals surface area contributed by atoms with Crippen molar-refractivity contribution in [3.63, 3.8) is 0 Å². The maximum atomic E-state index is 9.69. The van der Waals surface area contributed by atoms with Gasteiger partial charge in [0.2, 0.25) is 0 Å². The quantitative estimate of drug-likeness (QED) is 0.776. The van der Waals surface area contributed by atoms with Crippen LogP contribution in [0, 0.1) is 5.92 Å². The first-order valence-corrected chi connectivity index (χ1v) is 6.46. The summed E-state index contributed by atoms with van der Waals surface area (Å²) in [4.78, 5) is 2.52. The molecule has 90 valence electrons. The highest BCUT2D eigenvalue weighted by Gasteiger charge is 2.18. The lowest BCUT2D eigenvalue weighted by molar-refractivity contribution is 0.0579. The van der Waals surface area contributed by atoms with E-state index in [1.165, 1.54) is 38.8 Å². The van der Waals surface area contributed by atoms with Gasteiger partial charge in [0.1, 0.15) is 0 Å². The van der Waals surface area contributed by atoms with Crippen molar-refractivity contribution in [3.8, 4) is 0 Å². The number of nitrogens with zero attached hydrogens (tertiary/aromatic N) is 1. The van der Waals surface area contributed by atoms with Crippen molar-refractivity contribution in [2.75, 3.05) is 19.6 Å². The van der Waals surface area contributed by atoms with Gasteiger partial charge in [0.25, 0.3) is 0 Å². The van der Waals surface area contributed by atoms with E-state index in [4.69, 9.17) is 0 Å². The molecule has 0 aromatic rings. The molecular formula is C13H27NO. The molecule has 1 atom stereocenters. The number of hydrogen-bond acceptors (Lipinski definition) is 2. The summed E-state index contributed by atoms with van der Waals surface area (Å²) in [6.07, 6.45) is 6.31. The zero-order chi connectivity index (χ0) is 11.3. The van der Waals surface area contributed by atoms with E-state index < -0.39 is 5.60 Å². The predicted molar refractivity (Wildman–Crippen MR) is 65.0 cm³/mol. The minimum Gasteiger partial charge on any atom is -0.390 e.